The molecule has 1 saturated carbocycles. The maximum absolute atomic E-state index is 10.5. The van der Waals surface area contributed by atoms with Gasteiger partial charge in [0.25, 0.3) is 0 Å². The first-order valence-electron chi connectivity index (χ1n) is 3.88. The number of hydrogen-bond acceptors (Lipinski definition) is 2. The quantitative estimate of drug-likeness (QED) is 0.543. The van der Waals surface area contributed by atoms with Gasteiger partial charge in [0.05, 0.1) is 5.92 Å². The van der Waals surface area contributed by atoms with Crippen molar-refractivity contribution >= 4 is 12.0 Å². The minimum absolute atomic E-state index is 0.0522. The number of nitrogens with one attached hydrogen (secondary N) is 1. The highest BCUT2D eigenvalue weighted by molar-refractivity contribution is 5.73. The van der Waals surface area contributed by atoms with Crippen LogP contribution in [0.25, 0.3) is 0 Å². The maximum Gasteiger partial charge on any atom is 0.312 e. The third-order valence-corrected chi connectivity index (χ3v) is 2.13. The molecule has 0 bridgehead atoms. The van der Waals surface area contributed by atoms with E-state index in [4.69, 9.17) is 10.8 Å². The number of primary amides is 1. The second-order valence-corrected chi connectivity index (χ2v) is 3.05. The van der Waals surface area contributed by atoms with Gasteiger partial charge in [-0.1, -0.05) is 0 Å². The number of nitrogens with two attached hydrogens (primary N) is 1. The van der Waals surface area contributed by atoms with Crippen molar-refractivity contribution in [3.05, 3.63) is 0 Å². The summed E-state index contributed by atoms with van der Waals surface area (Å²) in [5.41, 5.74) is 4.90. The zero-order chi connectivity index (χ0) is 9.14. The first kappa shape index (κ1) is 8.83. The van der Waals surface area contributed by atoms with Gasteiger partial charge >= 0.3 is 12.0 Å². The van der Waals surface area contributed by atoms with Crippen LogP contribution in [-0.2, 0) is 4.79 Å². The van der Waals surface area contributed by atoms with E-state index in [-0.39, 0.29) is 12.0 Å². The standard InChI is InChI=1S/C7H12N2O3/c8-7(12)9-5-2-1-4(3-5)6(10)11/h4-5H,1-3H2,(H,10,11)(H3,8,9,12)/t4-,5+/m1/s1. The molecule has 0 radical (unpaired) electrons. The van der Waals surface area contributed by atoms with E-state index in [0.717, 1.165) is 0 Å². The van der Waals surface area contributed by atoms with Crippen molar-refractivity contribution in [3.63, 3.8) is 0 Å². The zero-order valence-electron chi connectivity index (χ0n) is 6.62. The van der Waals surface area contributed by atoms with Gasteiger partial charge in [0.1, 0.15) is 0 Å². The number of hydrogen-bond donors (Lipinski definition) is 3. The average molecular weight is 172 g/mol. The Morgan fingerprint density at radius 3 is 2.50 bits per heavy atom. The summed E-state index contributed by atoms with van der Waals surface area (Å²) in [5.74, 6) is -1.11. The summed E-state index contributed by atoms with van der Waals surface area (Å²) < 4.78 is 0. The maximum atomic E-state index is 10.5. The summed E-state index contributed by atoms with van der Waals surface area (Å²) in [7, 11) is 0. The van der Waals surface area contributed by atoms with Gasteiger partial charge in [-0.2, -0.15) is 0 Å². The second kappa shape index (κ2) is 3.42. The topological polar surface area (TPSA) is 92.4 Å². The van der Waals surface area contributed by atoms with Crippen LogP contribution in [0.1, 0.15) is 19.3 Å². The van der Waals surface area contributed by atoms with Crippen molar-refractivity contribution in [2.24, 2.45) is 11.7 Å². The lowest BCUT2D eigenvalue weighted by molar-refractivity contribution is -0.141. The molecule has 0 aromatic heterocycles. The molecular formula is C7H12N2O3. The van der Waals surface area contributed by atoms with E-state index in [9.17, 15) is 9.59 Å². The number of carboxylic acid groups (broad SMARTS) is 1. The zero-order valence-corrected chi connectivity index (χ0v) is 6.62. The summed E-state index contributed by atoms with van der Waals surface area (Å²) >= 11 is 0. The molecule has 68 valence electrons. The number of amides is 2. The Morgan fingerprint density at radius 1 is 1.42 bits per heavy atom. The Bertz CT molecular complexity index is 205. The van der Waals surface area contributed by atoms with Crippen LogP contribution in [0.15, 0.2) is 0 Å². The Hall–Kier alpha value is -1.26. The van der Waals surface area contributed by atoms with Gasteiger partial charge < -0.3 is 16.2 Å². The van der Waals surface area contributed by atoms with E-state index >= 15 is 0 Å². The fourth-order valence-corrected chi connectivity index (χ4v) is 1.54. The van der Waals surface area contributed by atoms with E-state index in [1.807, 2.05) is 0 Å². The van der Waals surface area contributed by atoms with Gasteiger partial charge in [-0.15, -0.1) is 0 Å². The van der Waals surface area contributed by atoms with Crippen LogP contribution in [0.4, 0.5) is 4.79 Å². The third kappa shape index (κ3) is 2.11. The molecule has 1 fully saturated rings. The fraction of sp³-hybridized carbons (Fsp3) is 0.714. The van der Waals surface area contributed by atoms with Crippen LogP contribution in [0, 0.1) is 5.92 Å². The molecule has 0 aromatic carbocycles. The number of rotatable bonds is 2. The van der Waals surface area contributed by atoms with Crippen LogP contribution in [0.3, 0.4) is 0 Å². The second-order valence-electron chi connectivity index (χ2n) is 3.05. The monoisotopic (exact) mass is 172 g/mol. The SMILES string of the molecule is NC(=O)N[C@H]1CC[C@@H](C(=O)O)C1. The molecule has 0 saturated heterocycles. The predicted octanol–water partition coefficient (Wildman–Crippen LogP) is -0.0920. The normalized spacial score (nSPS) is 28.3. The van der Waals surface area contributed by atoms with Crippen molar-refractivity contribution in [1.29, 1.82) is 0 Å². The van der Waals surface area contributed by atoms with Crippen molar-refractivity contribution in [2.75, 3.05) is 0 Å². The molecular weight excluding hydrogens is 160 g/mol. The minimum Gasteiger partial charge on any atom is -0.481 e. The van der Waals surface area contributed by atoms with Gasteiger partial charge in [0, 0.05) is 6.04 Å². The predicted molar refractivity (Wildman–Crippen MR) is 41.5 cm³/mol. The van der Waals surface area contributed by atoms with Crippen LogP contribution < -0.4 is 11.1 Å². The summed E-state index contributed by atoms with van der Waals surface area (Å²) in [4.78, 5) is 20.9. The molecule has 0 heterocycles. The Morgan fingerprint density at radius 2 is 2.08 bits per heavy atom. The first-order valence-corrected chi connectivity index (χ1v) is 3.88. The first-order chi connectivity index (χ1) is 5.59. The summed E-state index contributed by atoms with van der Waals surface area (Å²) in [5, 5.41) is 11.1. The highest BCUT2D eigenvalue weighted by atomic mass is 16.4. The summed E-state index contributed by atoms with van der Waals surface area (Å²) in [6.07, 6.45) is 1.83. The van der Waals surface area contributed by atoms with E-state index in [0.29, 0.717) is 19.3 Å². The van der Waals surface area contributed by atoms with E-state index in [1.165, 1.54) is 0 Å². The van der Waals surface area contributed by atoms with Crippen molar-refractivity contribution in [2.45, 2.75) is 25.3 Å². The Kier molecular flexibility index (Phi) is 2.52. The van der Waals surface area contributed by atoms with Crippen LogP contribution in [-0.4, -0.2) is 23.1 Å². The van der Waals surface area contributed by atoms with Gasteiger partial charge in [-0.25, -0.2) is 4.79 Å². The molecule has 0 aliphatic heterocycles. The number of carboxylic acids is 1. The van der Waals surface area contributed by atoms with Crippen LogP contribution in [0.2, 0.25) is 0 Å². The molecule has 5 nitrogen and oxygen atoms in total. The van der Waals surface area contributed by atoms with Crippen molar-refractivity contribution in [1.82, 2.24) is 5.32 Å². The highest BCUT2D eigenvalue weighted by Crippen LogP contribution is 2.25. The van der Waals surface area contributed by atoms with E-state index in [2.05, 4.69) is 5.32 Å². The lowest BCUT2D eigenvalue weighted by Gasteiger charge is -2.08. The van der Waals surface area contributed by atoms with Gasteiger partial charge in [0.15, 0.2) is 0 Å². The van der Waals surface area contributed by atoms with E-state index < -0.39 is 12.0 Å². The van der Waals surface area contributed by atoms with Crippen LogP contribution in [0.5, 0.6) is 0 Å². The van der Waals surface area contributed by atoms with Gasteiger partial charge in [0.2, 0.25) is 0 Å². The number of aliphatic carboxylic acids is 1. The number of carbonyl (C=O) groups is 2. The van der Waals surface area contributed by atoms with Crippen molar-refractivity contribution in [3.8, 4) is 0 Å². The largest absolute Gasteiger partial charge is 0.481 e. The molecule has 0 aromatic rings. The summed E-state index contributed by atoms with van der Waals surface area (Å²) in [6.45, 7) is 0. The molecule has 1 aliphatic carbocycles. The number of urea groups is 1. The van der Waals surface area contributed by atoms with Gasteiger partial charge in [-0.3, -0.25) is 4.79 Å². The smallest absolute Gasteiger partial charge is 0.312 e. The lowest BCUT2D eigenvalue weighted by atomic mass is 10.1. The third-order valence-electron chi connectivity index (χ3n) is 2.13. The molecule has 5 heteroatoms. The van der Waals surface area contributed by atoms with Gasteiger partial charge in [-0.05, 0) is 19.3 Å². The van der Waals surface area contributed by atoms with Crippen LogP contribution >= 0.6 is 0 Å². The Labute approximate surface area is 69.9 Å². The molecule has 1 aliphatic rings. The molecule has 2 atom stereocenters. The number of carbonyl (C=O) groups excluding carboxylic acids is 1. The molecule has 0 spiro atoms. The summed E-state index contributed by atoms with van der Waals surface area (Å²) in [6, 6.07) is -0.630. The molecule has 2 amide bonds. The molecule has 0 unspecified atom stereocenters. The Balaban J connectivity index is 2.35. The minimum atomic E-state index is -0.788. The molecule has 12 heavy (non-hydrogen) atoms. The molecule has 1 rings (SSSR count). The fourth-order valence-electron chi connectivity index (χ4n) is 1.54. The van der Waals surface area contributed by atoms with Crippen molar-refractivity contribution < 1.29 is 14.7 Å². The lowest BCUT2D eigenvalue weighted by Crippen LogP contribution is -2.37. The average Bonchev–Trinajstić information content (AvgIpc) is 2.34. The van der Waals surface area contributed by atoms with E-state index in [1.54, 1.807) is 0 Å². The highest BCUT2D eigenvalue weighted by Gasteiger charge is 2.29. The molecule has 4 N–H and O–H groups in total.